The van der Waals surface area contributed by atoms with Crippen molar-refractivity contribution in [3.8, 4) is 5.75 Å². The summed E-state index contributed by atoms with van der Waals surface area (Å²) in [5, 5.41) is 3.84. The monoisotopic (exact) mass is 380 g/mol. The second-order valence-electron chi connectivity index (χ2n) is 5.97. The maximum Gasteiger partial charge on any atom is 0.260 e. The van der Waals surface area contributed by atoms with Gasteiger partial charge >= 0.3 is 0 Å². The molecule has 0 aromatic heterocycles. The number of ether oxygens (including phenoxy) is 1. The lowest BCUT2D eigenvalue weighted by molar-refractivity contribution is -0.127. The predicted molar refractivity (Wildman–Crippen MR) is 102 cm³/mol. The zero-order chi connectivity index (χ0) is 18.4. The lowest BCUT2D eigenvalue weighted by Gasteiger charge is -2.26. The molecule has 0 fully saturated rings. The fourth-order valence-electron chi connectivity index (χ4n) is 2.43. The van der Waals surface area contributed by atoms with E-state index >= 15 is 0 Å². The van der Waals surface area contributed by atoms with Gasteiger partial charge in [-0.25, -0.2) is 0 Å². The lowest BCUT2D eigenvalue weighted by Crippen LogP contribution is -2.41. The van der Waals surface area contributed by atoms with E-state index in [2.05, 4.69) is 10.2 Å². The highest BCUT2D eigenvalue weighted by Crippen LogP contribution is 2.28. The highest BCUT2D eigenvalue weighted by molar-refractivity contribution is 6.35. The molecule has 0 bridgehead atoms. The van der Waals surface area contributed by atoms with Crippen molar-refractivity contribution in [2.75, 3.05) is 20.6 Å². The number of likely N-dealkylation sites (N-methyl/N-ethyl adjacent to an activating group) is 1. The van der Waals surface area contributed by atoms with Crippen molar-refractivity contribution in [2.45, 2.75) is 19.1 Å². The van der Waals surface area contributed by atoms with E-state index < -0.39 is 6.10 Å². The molecular weight excluding hydrogens is 359 g/mol. The highest BCUT2D eigenvalue weighted by Gasteiger charge is 2.19. The van der Waals surface area contributed by atoms with Crippen molar-refractivity contribution in [3.05, 3.63) is 64.1 Å². The number of nitrogens with zero attached hydrogens (tertiary/aromatic N) is 1. The van der Waals surface area contributed by atoms with Crippen LogP contribution < -0.4 is 10.1 Å². The molecule has 0 aliphatic carbocycles. The average molecular weight is 381 g/mol. The first-order chi connectivity index (χ1) is 11.9. The lowest BCUT2D eigenvalue weighted by atomic mass is 10.1. The highest BCUT2D eigenvalue weighted by atomic mass is 35.5. The van der Waals surface area contributed by atoms with Crippen LogP contribution in [0.15, 0.2) is 48.5 Å². The number of carbonyl (C=O) groups excluding carboxylic acids is 1. The Balaban J connectivity index is 1.96. The number of rotatable bonds is 7. The Morgan fingerprint density at radius 1 is 1.16 bits per heavy atom. The van der Waals surface area contributed by atoms with Crippen molar-refractivity contribution in [1.29, 1.82) is 0 Å². The van der Waals surface area contributed by atoms with Crippen molar-refractivity contribution < 1.29 is 9.53 Å². The summed E-state index contributed by atoms with van der Waals surface area (Å²) in [5.41, 5.74) is 1.14. The Hall–Kier alpha value is -1.75. The smallest absolute Gasteiger partial charge is 0.260 e. The van der Waals surface area contributed by atoms with Crippen molar-refractivity contribution in [2.24, 2.45) is 0 Å². The number of nitrogens with one attached hydrogen (secondary N) is 1. The topological polar surface area (TPSA) is 41.6 Å². The third-order valence-corrected chi connectivity index (χ3v) is 4.37. The molecule has 0 spiro atoms. The van der Waals surface area contributed by atoms with Gasteiger partial charge in [0, 0.05) is 11.6 Å². The van der Waals surface area contributed by atoms with Gasteiger partial charge in [0.15, 0.2) is 6.10 Å². The molecule has 2 rings (SSSR count). The first kappa shape index (κ1) is 19.6. The zero-order valence-corrected chi connectivity index (χ0v) is 16.0. The second-order valence-corrected chi connectivity index (χ2v) is 6.81. The Labute approximate surface area is 158 Å². The normalized spacial score (nSPS) is 13.4. The van der Waals surface area contributed by atoms with Gasteiger partial charge in [-0.3, -0.25) is 4.79 Å². The van der Waals surface area contributed by atoms with E-state index in [0.29, 0.717) is 22.3 Å². The number of halogens is 2. The molecule has 4 nitrogen and oxygen atoms in total. The van der Waals surface area contributed by atoms with Crippen LogP contribution in [0.5, 0.6) is 5.75 Å². The molecule has 0 saturated heterocycles. The summed E-state index contributed by atoms with van der Waals surface area (Å²) in [5.74, 6) is 0.231. The molecule has 0 aliphatic heterocycles. The molecule has 0 unspecified atom stereocenters. The van der Waals surface area contributed by atoms with Gasteiger partial charge in [0.2, 0.25) is 0 Å². The second kappa shape index (κ2) is 9.09. The number of hydrogen-bond acceptors (Lipinski definition) is 3. The number of hydrogen-bond donors (Lipinski definition) is 1. The van der Waals surface area contributed by atoms with Crippen LogP contribution in [0.1, 0.15) is 18.5 Å². The molecule has 0 heterocycles. The van der Waals surface area contributed by atoms with Crippen molar-refractivity contribution >= 4 is 29.1 Å². The van der Waals surface area contributed by atoms with Gasteiger partial charge in [0.25, 0.3) is 5.91 Å². The molecular formula is C19H22Cl2N2O2. The van der Waals surface area contributed by atoms with Crippen LogP contribution in [0.3, 0.4) is 0 Å². The summed E-state index contributed by atoms with van der Waals surface area (Å²) in [6.07, 6.45) is -0.669. The molecule has 6 heteroatoms. The van der Waals surface area contributed by atoms with Crippen LogP contribution in [-0.4, -0.2) is 37.6 Å². The van der Waals surface area contributed by atoms with Gasteiger partial charge < -0.3 is 15.0 Å². The van der Waals surface area contributed by atoms with E-state index in [1.54, 1.807) is 25.1 Å². The maximum absolute atomic E-state index is 12.4. The largest absolute Gasteiger partial charge is 0.479 e. The Kier molecular flexibility index (Phi) is 7.12. The zero-order valence-electron chi connectivity index (χ0n) is 14.5. The Morgan fingerprint density at radius 2 is 1.84 bits per heavy atom. The molecule has 25 heavy (non-hydrogen) atoms. The summed E-state index contributed by atoms with van der Waals surface area (Å²) < 4.78 is 5.64. The molecule has 134 valence electrons. The molecule has 2 aromatic rings. The first-order valence-corrected chi connectivity index (χ1v) is 8.75. The van der Waals surface area contributed by atoms with Gasteiger partial charge in [-0.2, -0.15) is 0 Å². The number of amides is 1. The quantitative estimate of drug-likeness (QED) is 0.783. The fraction of sp³-hybridized carbons (Fsp3) is 0.316. The average Bonchev–Trinajstić information content (AvgIpc) is 2.58. The molecule has 2 aromatic carbocycles. The molecule has 0 aliphatic rings. The first-order valence-electron chi connectivity index (χ1n) is 7.99. The summed E-state index contributed by atoms with van der Waals surface area (Å²) in [4.78, 5) is 14.4. The van der Waals surface area contributed by atoms with Crippen LogP contribution in [0.4, 0.5) is 0 Å². The minimum Gasteiger partial charge on any atom is -0.479 e. The molecule has 2 atom stereocenters. The molecule has 1 N–H and O–H groups in total. The molecule has 0 radical (unpaired) electrons. The summed E-state index contributed by atoms with van der Waals surface area (Å²) in [6, 6.07) is 15.0. The van der Waals surface area contributed by atoms with Gasteiger partial charge in [-0.1, -0.05) is 53.5 Å². The standard InChI is InChI=1S/C19H22Cl2N2O2/c1-13(25-18-10-9-15(20)11-16(18)21)19(24)22-12-17(23(2)3)14-7-5-4-6-8-14/h4-11,13,17H,12H2,1-3H3,(H,22,24)/t13-,17-/m1/s1. The van der Waals surface area contributed by atoms with Crippen LogP contribution in [0, 0.1) is 0 Å². The van der Waals surface area contributed by atoms with Gasteiger partial charge in [0.05, 0.1) is 11.1 Å². The van der Waals surface area contributed by atoms with E-state index in [1.165, 1.54) is 0 Å². The predicted octanol–water partition coefficient (Wildman–Crippen LogP) is 4.18. The van der Waals surface area contributed by atoms with Crippen LogP contribution in [0.2, 0.25) is 10.0 Å². The summed E-state index contributed by atoms with van der Waals surface area (Å²) >= 11 is 11.9. The third kappa shape index (κ3) is 5.63. The minimum atomic E-state index is -0.669. The van der Waals surface area contributed by atoms with Gasteiger partial charge in [0.1, 0.15) is 5.75 Å². The van der Waals surface area contributed by atoms with Crippen molar-refractivity contribution in [3.63, 3.8) is 0 Å². The van der Waals surface area contributed by atoms with E-state index in [1.807, 2.05) is 44.4 Å². The number of carbonyl (C=O) groups is 1. The number of benzene rings is 2. The van der Waals surface area contributed by atoms with Gasteiger partial charge in [-0.05, 0) is 44.8 Å². The Bertz CT molecular complexity index is 708. The summed E-state index contributed by atoms with van der Waals surface area (Å²) in [7, 11) is 3.97. The summed E-state index contributed by atoms with van der Waals surface area (Å²) in [6.45, 7) is 2.17. The maximum atomic E-state index is 12.4. The SMILES string of the molecule is C[C@@H](Oc1ccc(Cl)cc1Cl)C(=O)NC[C@H](c1ccccc1)N(C)C. The molecule has 0 saturated carbocycles. The van der Waals surface area contributed by atoms with E-state index in [4.69, 9.17) is 27.9 Å². The Morgan fingerprint density at radius 3 is 2.44 bits per heavy atom. The van der Waals surface area contributed by atoms with E-state index in [0.717, 1.165) is 5.56 Å². The van der Waals surface area contributed by atoms with Crippen LogP contribution in [-0.2, 0) is 4.79 Å². The van der Waals surface area contributed by atoms with E-state index in [-0.39, 0.29) is 11.9 Å². The van der Waals surface area contributed by atoms with Gasteiger partial charge in [-0.15, -0.1) is 0 Å². The van der Waals surface area contributed by atoms with Crippen LogP contribution >= 0.6 is 23.2 Å². The fourth-order valence-corrected chi connectivity index (χ4v) is 2.88. The van der Waals surface area contributed by atoms with Crippen molar-refractivity contribution in [1.82, 2.24) is 10.2 Å². The molecule has 1 amide bonds. The van der Waals surface area contributed by atoms with E-state index in [9.17, 15) is 4.79 Å². The third-order valence-electron chi connectivity index (χ3n) is 3.84. The minimum absolute atomic E-state index is 0.0801. The van der Waals surface area contributed by atoms with Crippen LogP contribution in [0.25, 0.3) is 0 Å².